The molecule has 4 nitrogen and oxygen atoms in total. The summed E-state index contributed by atoms with van der Waals surface area (Å²) in [5, 5.41) is 4.43. The molecule has 0 aromatic carbocycles. The van der Waals surface area contributed by atoms with Crippen LogP contribution >= 0.6 is 0 Å². The highest BCUT2D eigenvalue weighted by atomic mass is 16.3. The standard InChI is InChI=1S/C13H19N3O/c1-9(2)13(3,8-14)16-12-10-5-7-17-11(10)4-6-15-12/h4-7,9H,8,14H2,1-3H3,(H,15,16). The molecule has 0 spiro atoms. The fraction of sp³-hybridized carbons (Fsp3) is 0.462. The maximum absolute atomic E-state index is 5.86. The van der Waals surface area contributed by atoms with E-state index in [0.29, 0.717) is 12.5 Å². The van der Waals surface area contributed by atoms with Crippen molar-refractivity contribution in [3.63, 3.8) is 0 Å². The lowest BCUT2D eigenvalue weighted by Crippen LogP contribution is -2.47. The minimum absolute atomic E-state index is 0.168. The first-order valence-corrected chi connectivity index (χ1v) is 5.87. The largest absolute Gasteiger partial charge is 0.464 e. The Hall–Kier alpha value is -1.55. The molecule has 3 N–H and O–H groups in total. The fourth-order valence-electron chi connectivity index (χ4n) is 1.70. The van der Waals surface area contributed by atoms with Crippen LogP contribution in [-0.4, -0.2) is 17.1 Å². The molecule has 1 atom stereocenters. The van der Waals surface area contributed by atoms with Gasteiger partial charge < -0.3 is 15.5 Å². The Bertz CT molecular complexity index is 506. The molecule has 2 rings (SSSR count). The highest BCUT2D eigenvalue weighted by Gasteiger charge is 2.27. The molecule has 0 fully saturated rings. The van der Waals surface area contributed by atoms with Crippen molar-refractivity contribution in [2.45, 2.75) is 26.3 Å². The first-order chi connectivity index (χ1) is 8.07. The number of aromatic nitrogens is 1. The molecule has 0 aliphatic carbocycles. The molecular weight excluding hydrogens is 214 g/mol. The van der Waals surface area contributed by atoms with Crippen molar-refractivity contribution in [1.29, 1.82) is 0 Å². The van der Waals surface area contributed by atoms with Gasteiger partial charge in [0.1, 0.15) is 11.4 Å². The number of hydrogen-bond acceptors (Lipinski definition) is 4. The lowest BCUT2D eigenvalue weighted by atomic mass is 9.88. The maximum atomic E-state index is 5.86. The van der Waals surface area contributed by atoms with Gasteiger partial charge in [-0.15, -0.1) is 0 Å². The number of nitrogens with zero attached hydrogens (tertiary/aromatic N) is 1. The molecule has 0 radical (unpaired) electrons. The van der Waals surface area contributed by atoms with Crippen LogP contribution in [-0.2, 0) is 0 Å². The maximum Gasteiger partial charge on any atom is 0.139 e. The molecule has 2 aromatic heterocycles. The summed E-state index contributed by atoms with van der Waals surface area (Å²) in [7, 11) is 0. The molecule has 0 saturated carbocycles. The topological polar surface area (TPSA) is 64.1 Å². The Balaban J connectivity index is 2.38. The molecule has 2 aromatic rings. The van der Waals surface area contributed by atoms with Crippen LogP contribution in [0.4, 0.5) is 5.82 Å². The number of hydrogen-bond donors (Lipinski definition) is 2. The van der Waals surface area contributed by atoms with Crippen molar-refractivity contribution in [3.8, 4) is 0 Å². The highest BCUT2D eigenvalue weighted by Crippen LogP contribution is 2.27. The summed E-state index contributed by atoms with van der Waals surface area (Å²) >= 11 is 0. The second kappa shape index (κ2) is 4.37. The normalized spacial score (nSPS) is 15.1. The Kier molecular flexibility index (Phi) is 3.07. The summed E-state index contributed by atoms with van der Waals surface area (Å²) in [5.74, 6) is 1.24. The first kappa shape index (κ1) is 11.9. The van der Waals surface area contributed by atoms with Crippen LogP contribution in [0.3, 0.4) is 0 Å². The van der Waals surface area contributed by atoms with Crippen LogP contribution in [0.5, 0.6) is 0 Å². The average Bonchev–Trinajstić information content (AvgIpc) is 2.77. The van der Waals surface area contributed by atoms with E-state index in [9.17, 15) is 0 Å². The molecule has 4 heteroatoms. The second-order valence-corrected chi connectivity index (χ2v) is 4.89. The summed E-state index contributed by atoms with van der Waals surface area (Å²) in [6, 6.07) is 3.78. The Morgan fingerprint density at radius 3 is 2.88 bits per heavy atom. The fourth-order valence-corrected chi connectivity index (χ4v) is 1.70. The minimum Gasteiger partial charge on any atom is -0.464 e. The molecule has 0 aliphatic rings. The van der Waals surface area contributed by atoms with Crippen LogP contribution in [0, 0.1) is 5.92 Å². The van der Waals surface area contributed by atoms with E-state index >= 15 is 0 Å². The van der Waals surface area contributed by atoms with Gasteiger partial charge in [-0.25, -0.2) is 4.98 Å². The predicted molar refractivity (Wildman–Crippen MR) is 69.9 cm³/mol. The third-order valence-electron chi connectivity index (χ3n) is 3.48. The van der Waals surface area contributed by atoms with Crippen molar-refractivity contribution in [2.24, 2.45) is 11.7 Å². The van der Waals surface area contributed by atoms with Crippen LogP contribution in [0.25, 0.3) is 11.0 Å². The van der Waals surface area contributed by atoms with E-state index in [-0.39, 0.29) is 5.54 Å². The molecule has 1 unspecified atom stereocenters. The van der Waals surface area contributed by atoms with Crippen molar-refractivity contribution < 1.29 is 4.42 Å². The third kappa shape index (κ3) is 2.13. The van der Waals surface area contributed by atoms with Crippen LogP contribution in [0.2, 0.25) is 0 Å². The van der Waals surface area contributed by atoms with Gasteiger partial charge in [0.25, 0.3) is 0 Å². The zero-order valence-corrected chi connectivity index (χ0v) is 10.5. The van der Waals surface area contributed by atoms with Gasteiger partial charge in [0.05, 0.1) is 17.2 Å². The van der Waals surface area contributed by atoms with E-state index < -0.39 is 0 Å². The van der Waals surface area contributed by atoms with Crippen molar-refractivity contribution >= 4 is 16.8 Å². The third-order valence-corrected chi connectivity index (χ3v) is 3.48. The van der Waals surface area contributed by atoms with E-state index in [0.717, 1.165) is 16.8 Å². The SMILES string of the molecule is CC(C)C(C)(CN)Nc1nccc2occc12. The van der Waals surface area contributed by atoms with Gasteiger partial charge in [-0.3, -0.25) is 0 Å². The summed E-state index contributed by atoms with van der Waals surface area (Å²) in [6.45, 7) is 6.96. The number of pyridine rings is 1. The van der Waals surface area contributed by atoms with Gasteiger partial charge in [-0.05, 0) is 25.0 Å². The molecule has 0 amide bonds. The van der Waals surface area contributed by atoms with Gasteiger partial charge in [0.15, 0.2) is 0 Å². The molecule has 2 heterocycles. The molecule has 17 heavy (non-hydrogen) atoms. The van der Waals surface area contributed by atoms with E-state index in [1.54, 1.807) is 12.5 Å². The second-order valence-electron chi connectivity index (χ2n) is 4.89. The number of furan rings is 1. The van der Waals surface area contributed by atoms with Crippen molar-refractivity contribution in [1.82, 2.24) is 4.98 Å². The minimum atomic E-state index is -0.168. The van der Waals surface area contributed by atoms with Crippen molar-refractivity contribution in [2.75, 3.05) is 11.9 Å². The van der Waals surface area contributed by atoms with Gasteiger partial charge in [0, 0.05) is 12.7 Å². The number of fused-ring (bicyclic) bond motifs is 1. The monoisotopic (exact) mass is 233 g/mol. The Labute approximate surface area is 101 Å². The predicted octanol–water partition coefficient (Wildman–Crippen LogP) is 2.61. The lowest BCUT2D eigenvalue weighted by molar-refractivity contribution is 0.382. The molecule has 0 aliphatic heterocycles. The Morgan fingerprint density at radius 2 is 2.24 bits per heavy atom. The molecule has 0 bridgehead atoms. The van der Waals surface area contributed by atoms with E-state index in [4.69, 9.17) is 10.2 Å². The van der Waals surface area contributed by atoms with Gasteiger partial charge in [-0.1, -0.05) is 13.8 Å². The summed E-state index contributed by atoms with van der Waals surface area (Å²) in [5.41, 5.74) is 6.53. The van der Waals surface area contributed by atoms with Crippen molar-refractivity contribution in [3.05, 3.63) is 24.6 Å². The molecule has 92 valence electrons. The summed E-state index contributed by atoms with van der Waals surface area (Å²) in [4.78, 5) is 4.37. The van der Waals surface area contributed by atoms with Gasteiger partial charge in [0.2, 0.25) is 0 Å². The summed E-state index contributed by atoms with van der Waals surface area (Å²) in [6.07, 6.45) is 3.41. The zero-order valence-electron chi connectivity index (χ0n) is 10.5. The number of nitrogens with two attached hydrogens (primary N) is 1. The zero-order chi connectivity index (χ0) is 12.5. The molecule has 0 saturated heterocycles. The highest BCUT2D eigenvalue weighted by molar-refractivity contribution is 5.88. The number of nitrogens with one attached hydrogen (secondary N) is 1. The Morgan fingerprint density at radius 1 is 1.47 bits per heavy atom. The van der Waals surface area contributed by atoms with Gasteiger partial charge >= 0.3 is 0 Å². The van der Waals surface area contributed by atoms with Crippen LogP contribution in [0.1, 0.15) is 20.8 Å². The lowest BCUT2D eigenvalue weighted by Gasteiger charge is -2.34. The average molecular weight is 233 g/mol. The summed E-state index contributed by atoms with van der Waals surface area (Å²) < 4.78 is 5.36. The number of rotatable bonds is 4. The van der Waals surface area contributed by atoms with Crippen LogP contribution < -0.4 is 11.1 Å². The molecular formula is C13H19N3O. The number of anilines is 1. The van der Waals surface area contributed by atoms with Crippen LogP contribution in [0.15, 0.2) is 29.0 Å². The van der Waals surface area contributed by atoms with Gasteiger partial charge in [-0.2, -0.15) is 0 Å². The van der Waals surface area contributed by atoms with E-state index in [1.165, 1.54) is 0 Å². The smallest absolute Gasteiger partial charge is 0.139 e. The quantitative estimate of drug-likeness (QED) is 0.852. The van der Waals surface area contributed by atoms with E-state index in [2.05, 4.69) is 31.1 Å². The first-order valence-electron chi connectivity index (χ1n) is 5.87. The van der Waals surface area contributed by atoms with E-state index in [1.807, 2.05) is 12.1 Å².